The van der Waals surface area contributed by atoms with E-state index in [1.807, 2.05) is 32.1 Å². The molecule has 0 radical (unpaired) electrons. The topological polar surface area (TPSA) is 69.4 Å². The van der Waals surface area contributed by atoms with E-state index in [9.17, 15) is 14.9 Å². The molecule has 0 aromatic heterocycles. The molecule has 0 amide bonds. The third kappa shape index (κ3) is 4.45. The van der Waals surface area contributed by atoms with Gasteiger partial charge in [0.1, 0.15) is 11.4 Å². The van der Waals surface area contributed by atoms with Crippen molar-refractivity contribution >= 4 is 29.5 Å². The van der Waals surface area contributed by atoms with Crippen LogP contribution >= 0.6 is 11.8 Å². The molecule has 1 fully saturated rings. The van der Waals surface area contributed by atoms with Gasteiger partial charge in [0.25, 0.3) is 5.69 Å². The van der Waals surface area contributed by atoms with Gasteiger partial charge in [0, 0.05) is 17.9 Å². The molecule has 1 unspecified atom stereocenters. The van der Waals surface area contributed by atoms with Crippen LogP contribution in [0.4, 0.5) is 5.69 Å². The number of nitro groups is 1. The lowest BCUT2D eigenvalue weighted by molar-refractivity contribution is -0.384. The van der Waals surface area contributed by atoms with E-state index in [1.54, 1.807) is 23.9 Å². The van der Waals surface area contributed by atoms with Gasteiger partial charge in [0.2, 0.25) is 0 Å². The number of thioether (sulfide) groups is 1. The molecule has 1 heterocycles. The summed E-state index contributed by atoms with van der Waals surface area (Å²) in [5, 5.41) is 10.7. The SMILES string of the molecule is CC(C)=CCC1(/C=C/c2ccc([N+](=O)[O-])cc2)SCCOC1=O. The summed E-state index contributed by atoms with van der Waals surface area (Å²) in [6, 6.07) is 6.24. The molecule has 0 aliphatic carbocycles. The third-order valence-corrected chi connectivity index (χ3v) is 4.84. The van der Waals surface area contributed by atoms with Crippen LogP contribution in [0.15, 0.2) is 42.0 Å². The number of carbonyl (C=O) groups excluding carboxylic acids is 1. The molecule has 1 aliphatic heterocycles. The minimum Gasteiger partial charge on any atom is -0.464 e. The number of benzene rings is 1. The van der Waals surface area contributed by atoms with Gasteiger partial charge in [-0.05, 0) is 38.0 Å². The molecule has 1 aromatic carbocycles. The Bertz CT molecular complexity index is 647. The Hall–Kier alpha value is -2.08. The average molecular weight is 333 g/mol. The average Bonchev–Trinajstić information content (AvgIpc) is 2.53. The van der Waals surface area contributed by atoms with Crippen molar-refractivity contribution in [2.24, 2.45) is 0 Å². The zero-order chi connectivity index (χ0) is 16.9. The van der Waals surface area contributed by atoms with Crippen LogP contribution in [0, 0.1) is 10.1 Å². The van der Waals surface area contributed by atoms with Crippen LogP contribution in [-0.4, -0.2) is 28.0 Å². The molecule has 1 aromatic rings. The highest BCUT2D eigenvalue weighted by Gasteiger charge is 2.39. The summed E-state index contributed by atoms with van der Waals surface area (Å²) in [6.45, 7) is 4.42. The number of non-ortho nitro benzene ring substituents is 1. The monoisotopic (exact) mass is 333 g/mol. The molecule has 5 nitrogen and oxygen atoms in total. The van der Waals surface area contributed by atoms with Gasteiger partial charge in [0.15, 0.2) is 0 Å². The highest BCUT2D eigenvalue weighted by molar-refractivity contribution is 8.01. The molecule has 0 spiro atoms. The van der Waals surface area contributed by atoms with Crippen molar-refractivity contribution in [3.63, 3.8) is 0 Å². The number of hydrogen-bond acceptors (Lipinski definition) is 5. The first kappa shape index (κ1) is 17.3. The highest BCUT2D eigenvalue weighted by Crippen LogP contribution is 2.36. The Kier molecular flexibility index (Phi) is 5.60. The largest absolute Gasteiger partial charge is 0.464 e. The summed E-state index contributed by atoms with van der Waals surface area (Å²) in [5.74, 6) is 0.525. The fourth-order valence-electron chi connectivity index (χ4n) is 2.16. The van der Waals surface area contributed by atoms with Crippen molar-refractivity contribution in [3.8, 4) is 0 Å². The molecular weight excluding hydrogens is 314 g/mol. The number of ether oxygens (including phenoxy) is 1. The number of cyclic esters (lactones) is 1. The number of nitrogens with zero attached hydrogens (tertiary/aromatic N) is 1. The molecule has 1 aliphatic rings. The van der Waals surface area contributed by atoms with Crippen molar-refractivity contribution in [1.29, 1.82) is 0 Å². The summed E-state index contributed by atoms with van der Waals surface area (Å²) in [5.41, 5.74) is 2.01. The molecular formula is C17H19NO4S. The van der Waals surface area contributed by atoms with Crippen molar-refractivity contribution in [2.45, 2.75) is 25.0 Å². The van der Waals surface area contributed by atoms with E-state index in [1.165, 1.54) is 12.1 Å². The molecule has 2 rings (SSSR count). The molecule has 1 saturated heterocycles. The van der Waals surface area contributed by atoms with E-state index in [-0.39, 0.29) is 11.7 Å². The predicted octanol–water partition coefficient (Wildman–Crippen LogP) is 3.99. The van der Waals surface area contributed by atoms with Gasteiger partial charge in [0.05, 0.1) is 4.92 Å². The fraction of sp³-hybridized carbons (Fsp3) is 0.353. The lowest BCUT2D eigenvalue weighted by atomic mass is 10.0. The Morgan fingerprint density at radius 3 is 2.65 bits per heavy atom. The van der Waals surface area contributed by atoms with Crippen LogP contribution in [0.5, 0.6) is 0 Å². The first-order valence-corrected chi connectivity index (χ1v) is 8.30. The number of allylic oxidation sites excluding steroid dienone is 2. The third-order valence-electron chi connectivity index (χ3n) is 3.48. The molecule has 1 atom stereocenters. The van der Waals surface area contributed by atoms with Gasteiger partial charge in [-0.15, -0.1) is 11.8 Å². The van der Waals surface area contributed by atoms with Gasteiger partial charge in [-0.1, -0.05) is 23.8 Å². The maximum atomic E-state index is 12.3. The summed E-state index contributed by atoms with van der Waals surface area (Å²) < 4.78 is 4.51. The lowest BCUT2D eigenvalue weighted by Gasteiger charge is -2.31. The molecule has 122 valence electrons. The van der Waals surface area contributed by atoms with E-state index >= 15 is 0 Å². The maximum Gasteiger partial charge on any atom is 0.326 e. The molecule has 6 heteroatoms. The second-order valence-corrected chi connectivity index (χ2v) is 6.97. The molecule has 23 heavy (non-hydrogen) atoms. The quantitative estimate of drug-likeness (QED) is 0.353. The summed E-state index contributed by atoms with van der Waals surface area (Å²) >= 11 is 1.57. The van der Waals surface area contributed by atoms with Crippen molar-refractivity contribution in [1.82, 2.24) is 0 Å². The number of hydrogen-bond donors (Lipinski definition) is 0. The normalized spacial score (nSPS) is 21.0. The first-order chi connectivity index (χ1) is 10.9. The number of esters is 1. The summed E-state index contributed by atoms with van der Waals surface area (Å²) in [7, 11) is 0. The Balaban J connectivity index is 2.24. The highest BCUT2D eigenvalue weighted by atomic mass is 32.2. The standard InChI is InChI=1S/C17H19NO4S/c1-13(2)7-9-17(16(19)22-11-12-23-17)10-8-14-3-5-15(6-4-14)18(20)21/h3-8,10H,9,11-12H2,1-2H3/b10-8+. The van der Waals surface area contributed by atoms with Crippen molar-refractivity contribution in [2.75, 3.05) is 12.4 Å². The second-order valence-electron chi connectivity index (χ2n) is 5.54. The van der Waals surface area contributed by atoms with Crippen LogP contribution in [0.1, 0.15) is 25.8 Å². The van der Waals surface area contributed by atoms with Crippen LogP contribution in [0.2, 0.25) is 0 Å². The first-order valence-electron chi connectivity index (χ1n) is 7.31. The van der Waals surface area contributed by atoms with Gasteiger partial charge in [-0.2, -0.15) is 0 Å². The van der Waals surface area contributed by atoms with Crippen LogP contribution < -0.4 is 0 Å². The number of carbonyl (C=O) groups is 1. The van der Waals surface area contributed by atoms with Gasteiger partial charge in [-0.25, -0.2) is 0 Å². The Morgan fingerprint density at radius 1 is 1.39 bits per heavy atom. The maximum absolute atomic E-state index is 12.3. The van der Waals surface area contributed by atoms with E-state index in [2.05, 4.69) is 0 Å². The Labute approximate surface area is 139 Å². The second kappa shape index (κ2) is 7.46. The van der Waals surface area contributed by atoms with E-state index in [4.69, 9.17) is 4.74 Å². The summed E-state index contributed by atoms with van der Waals surface area (Å²) in [6.07, 6.45) is 6.27. The van der Waals surface area contributed by atoms with Gasteiger partial charge < -0.3 is 4.74 Å². The Morgan fingerprint density at radius 2 is 2.09 bits per heavy atom. The van der Waals surface area contributed by atoms with E-state index in [0.717, 1.165) is 16.9 Å². The van der Waals surface area contributed by atoms with Crippen LogP contribution in [0.25, 0.3) is 6.08 Å². The zero-order valence-electron chi connectivity index (χ0n) is 13.2. The van der Waals surface area contributed by atoms with Gasteiger partial charge in [-0.3, -0.25) is 14.9 Å². The predicted molar refractivity (Wildman–Crippen MR) is 92.3 cm³/mol. The fourth-order valence-corrected chi connectivity index (χ4v) is 3.23. The van der Waals surface area contributed by atoms with E-state index < -0.39 is 9.67 Å². The van der Waals surface area contributed by atoms with Gasteiger partial charge >= 0.3 is 5.97 Å². The smallest absolute Gasteiger partial charge is 0.326 e. The van der Waals surface area contributed by atoms with Crippen LogP contribution in [-0.2, 0) is 9.53 Å². The van der Waals surface area contributed by atoms with Crippen molar-refractivity contribution < 1.29 is 14.5 Å². The van der Waals surface area contributed by atoms with Crippen molar-refractivity contribution in [3.05, 3.63) is 57.7 Å². The lowest BCUT2D eigenvalue weighted by Crippen LogP contribution is -2.39. The number of rotatable bonds is 5. The molecule has 0 N–H and O–H groups in total. The zero-order valence-corrected chi connectivity index (χ0v) is 14.0. The minimum absolute atomic E-state index is 0.0489. The van der Waals surface area contributed by atoms with Crippen LogP contribution in [0.3, 0.4) is 0 Å². The molecule has 0 bridgehead atoms. The summed E-state index contributed by atoms with van der Waals surface area (Å²) in [4.78, 5) is 22.5. The minimum atomic E-state index is -0.725. The molecule has 0 saturated carbocycles. The number of nitro benzene ring substituents is 1. The van der Waals surface area contributed by atoms with E-state index in [0.29, 0.717) is 13.0 Å².